The Kier molecular flexibility index (Phi) is 1.85. The molecular formula is C9H9ClN2. The Morgan fingerprint density at radius 1 is 1.50 bits per heavy atom. The van der Waals surface area contributed by atoms with Crippen molar-refractivity contribution >= 4 is 17.3 Å². The number of hydrogen-bond donors (Lipinski definition) is 0. The van der Waals surface area contributed by atoms with Gasteiger partial charge in [-0.3, -0.25) is 9.98 Å². The van der Waals surface area contributed by atoms with E-state index in [-0.39, 0.29) is 0 Å². The second-order valence-electron chi connectivity index (χ2n) is 2.83. The summed E-state index contributed by atoms with van der Waals surface area (Å²) in [6.07, 6.45) is 2.66. The Morgan fingerprint density at radius 2 is 2.33 bits per heavy atom. The topological polar surface area (TPSA) is 25.2 Å². The van der Waals surface area contributed by atoms with Crippen LogP contribution in [0, 0.1) is 0 Å². The first-order valence-corrected chi connectivity index (χ1v) is 4.31. The largest absolute Gasteiger partial charge is 0.289 e. The molecule has 0 unspecified atom stereocenters. The van der Waals surface area contributed by atoms with E-state index in [0.717, 1.165) is 35.0 Å². The van der Waals surface area contributed by atoms with Gasteiger partial charge in [0, 0.05) is 30.4 Å². The molecular weight excluding hydrogens is 172 g/mol. The molecule has 1 aromatic heterocycles. The lowest BCUT2D eigenvalue weighted by Crippen LogP contribution is -2.12. The van der Waals surface area contributed by atoms with Crippen LogP contribution in [-0.2, 0) is 6.42 Å². The lowest BCUT2D eigenvalue weighted by Gasteiger charge is -2.13. The normalized spacial score (nSPS) is 15.3. The molecule has 0 saturated heterocycles. The van der Waals surface area contributed by atoms with E-state index in [1.807, 2.05) is 13.0 Å². The number of nitrogens with zero attached hydrogens (tertiary/aromatic N) is 2. The minimum atomic E-state index is 0.765. The van der Waals surface area contributed by atoms with Gasteiger partial charge in [0.1, 0.15) is 0 Å². The van der Waals surface area contributed by atoms with Gasteiger partial charge in [-0.15, -0.1) is 0 Å². The van der Waals surface area contributed by atoms with Gasteiger partial charge in [0.05, 0.1) is 10.7 Å². The van der Waals surface area contributed by atoms with Crippen molar-refractivity contribution in [1.82, 2.24) is 4.98 Å². The van der Waals surface area contributed by atoms with Gasteiger partial charge in [0.15, 0.2) is 0 Å². The number of pyridine rings is 1. The highest BCUT2D eigenvalue weighted by molar-refractivity contribution is 6.34. The number of aromatic nitrogens is 1. The van der Waals surface area contributed by atoms with Gasteiger partial charge in [-0.2, -0.15) is 0 Å². The summed E-state index contributed by atoms with van der Waals surface area (Å²) in [7, 11) is 0. The number of fused-ring (bicyclic) bond motifs is 1. The molecule has 2 nitrogen and oxygen atoms in total. The summed E-state index contributed by atoms with van der Waals surface area (Å²) < 4.78 is 0. The van der Waals surface area contributed by atoms with E-state index in [0.29, 0.717) is 0 Å². The van der Waals surface area contributed by atoms with Gasteiger partial charge < -0.3 is 0 Å². The molecule has 3 heteroatoms. The number of hydrogen-bond acceptors (Lipinski definition) is 2. The van der Waals surface area contributed by atoms with Crippen LogP contribution < -0.4 is 0 Å². The molecule has 0 aliphatic carbocycles. The third-order valence-corrected chi connectivity index (χ3v) is 2.35. The highest BCUT2D eigenvalue weighted by Gasteiger charge is 2.14. The van der Waals surface area contributed by atoms with Crippen LogP contribution in [0.25, 0.3) is 0 Å². The van der Waals surface area contributed by atoms with E-state index in [4.69, 9.17) is 11.6 Å². The van der Waals surface area contributed by atoms with Crippen LogP contribution in [0.2, 0.25) is 5.02 Å². The fourth-order valence-corrected chi connectivity index (χ4v) is 1.76. The number of halogens is 1. The minimum Gasteiger partial charge on any atom is -0.289 e. The van der Waals surface area contributed by atoms with Gasteiger partial charge in [0.2, 0.25) is 0 Å². The Balaban J connectivity index is 2.64. The summed E-state index contributed by atoms with van der Waals surface area (Å²) in [6, 6.07) is 1.81. The minimum absolute atomic E-state index is 0.765. The summed E-state index contributed by atoms with van der Waals surface area (Å²) in [5, 5.41) is 0.765. The monoisotopic (exact) mass is 180 g/mol. The molecule has 0 bridgehead atoms. The Bertz CT molecular complexity index is 344. The zero-order valence-corrected chi connectivity index (χ0v) is 7.60. The van der Waals surface area contributed by atoms with Gasteiger partial charge >= 0.3 is 0 Å². The number of aliphatic imine (C=N–C) groups is 1. The summed E-state index contributed by atoms with van der Waals surface area (Å²) >= 11 is 6.02. The zero-order chi connectivity index (χ0) is 8.55. The smallest absolute Gasteiger partial charge is 0.0530 e. The highest BCUT2D eigenvalue weighted by Crippen LogP contribution is 2.22. The van der Waals surface area contributed by atoms with Crippen LogP contribution in [0.5, 0.6) is 0 Å². The van der Waals surface area contributed by atoms with Crippen molar-refractivity contribution < 1.29 is 0 Å². The van der Waals surface area contributed by atoms with Crippen LogP contribution in [0.15, 0.2) is 17.3 Å². The van der Waals surface area contributed by atoms with Crippen molar-refractivity contribution in [2.24, 2.45) is 4.99 Å². The highest BCUT2D eigenvalue weighted by atomic mass is 35.5. The van der Waals surface area contributed by atoms with Crippen molar-refractivity contribution in [2.45, 2.75) is 13.3 Å². The molecule has 2 rings (SSSR count). The summed E-state index contributed by atoms with van der Waals surface area (Å²) in [6.45, 7) is 2.82. The number of rotatable bonds is 0. The zero-order valence-electron chi connectivity index (χ0n) is 6.84. The van der Waals surface area contributed by atoms with E-state index < -0.39 is 0 Å². The summed E-state index contributed by atoms with van der Waals surface area (Å²) in [5.41, 5.74) is 3.12. The first-order valence-electron chi connectivity index (χ1n) is 3.94. The standard InChI is InChI=1S/C9H9ClN2/c1-6-9-7(10)2-4-12-8(9)3-5-11-6/h2,4H,3,5H2,1H3. The third-order valence-electron chi connectivity index (χ3n) is 2.04. The molecule has 2 heterocycles. The molecule has 1 aromatic rings. The second-order valence-corrected chi connectivity index (χ2v) is 3.24. The van der Waals surface area contributed by atoms with Crippen molar-refractivity contribution in [3.8, 4) is 0 Å². The predicted octanol–water partition coefficient (Wildman–Crippen LogP) is 2.10. The van der Waals surface area contributed by atoms with Crippen molar-refractivity contribution in [1.29, 1.82) is 0 Å². The maximum atomic E-state index is 6.02. The fourth-order valence-electron chi connectivity index (χ4n) is 1.46. The van der Waals surface area contributed by atoms with Crippen molar-refractivity contribution in [3.63, 3.8) is 0 Å². The van der Waals surface area contributed by atoms with Crippen LogP contribution in [0.3, 0.4) is 0 Å². The van der Waals surface area contributed by atoms with Crippen molar-refractivity contribution in [3.05, 3.63) is 28.5 Å². The molecule has 62 valence electrons. The maximum absolute atomic E-state index is 6.02. The lowest BCUT2D eigenvalue weighted by molar-refractivity contribution is 0.897. The molecule has 0 fully saturated rings. The van der Waals surface area contributed by atoms with Gasteiger partial charge in [-0.25, -0.2) is 0 Å². The van der Waals surface area contributed by atoms with Gasteiger partial charge in [-0.1, -0.05) is 11.6 Å². The van der Waals surface area contributed by atoms with Gasteiger partial charge in [-0.05, 0) is 13.0 Å². The first kappa shape index (κ1) is 7.74. The average molecular weight is 181 g/mol. The Labute approximate surface area is 76.3 Å². The fraction of sp³-hybridized carbons (Fsp3) is 0.333. The van der Waals surface area contributed by atoms with E-state index >= 15 is 0 Å². The molecule has 1 aliphatic heterocycles. The molecule has 0 N–H and O–H groups in total. The SMILES string of the molecule is CC1=NCCc2nccc(Cl)c21. The van der Waals surface area contributed by atoms with Gasteiger partial charge in [0.25, 0.3) is 0 Å². The van der Waals surface area contributed by atoms with Crippen LogP contribution in [0.1, 0.15) is 18.2 Å². The molecule has 1 aliphatic rings. The van der Waals surface area contributed by atoms with E-state index in [1.54, 1.807) is 6.20 Å². The molecule has 12 heavy (non-hydrogen) atoms. The Hall–Kier alpha value is -0.890. The van der Waals surface area contributed by atoms with E-state index in [1.165, 1.54) is 0 Å². The second kappa shape index (κ2) is 2.87. The molecule has 0 atom stereocenters. The summed E-state index contributed by atoms with van der Waals surface area (Å²) in [4.78, 5) is 8.59. The Morgan fingerprint density at radius 3 is 3.08 bits per heavy atom. The first-order chi connectivity index (χ1) is 5.79. The van der Waals surface area contributed by atoms with Crippen LogP contribution in [-0.4, -0.2) is 17.2 Å². The van der Waals surface area contributed by atoms with Crippen LogP contribution >= 0.6 is 11.6 Å². The quantitative estimate of drug-likeness (QED) is 0.600. The van der Waals surface area contributed by atoms with E-state index in [2.05, 4.69) is 9.98 Å². The molecule has 0 radical (unpaired) electrons. The molecule has 0 saturated carbocycles. The maximum Gasteiger partial charge on any atom is 0.0530 e. The predicted molar refractivity (Wildman–Crippen MR) is 50.0 cm³/mol. The molecule has 0 amide bonds. The van der Waals surface area contributed by atoms with E-state index in [9.17, 15) is 0 Å². The third kappa shape index (κ3) is 1.12. The molecule has 0 spiro atoms. The summed E-state index contributed by atoms with van der Waals surface area (Å²) in [5.74, 6) is 0. The van der Waals surface area contributed by atoms with Crippen LogP contribution in [0.4, 0.5) is 0 Å². The molecule has 0 aromatic carbocycles. The van der Waals surface area contributed by atoms with Crippen molar-refractivity contribution in [2.75, 3.05) is 6.54 Å². The average Bonchev–Trinajstić information content (AvgIpc) is 2.04. The lowest BCUT2D eigenvalue weighted by atomic mass is 10.0.